The lowest BCUT2D eigenvalue weighted by atomic mass is 10.2. The van der Waals surface area contributed by atoms with Crippen LogP contribution >= 0.6 is 0 Å². The molecule has 0 unspecified atom stereocenters. The van der Waals surface area contributed by atoms with Gasteiger partial charge in [-0.3, -0.25) is 14.6 Å². The second-order valence-electron chi connectivity index (χ2n) is 5.55. The Morgan fingerprint density at radius 2 is 1.94 bits per heavy atom. The molecule has 0 aromatic rings. The summed E-state index contributed by atoms with van der Waals surface area (Å²) in [4.78, 5) is 15.5. The van der Waals surface area contributed by atoms with E-state index >= 15 is 0 Å². The van der Waals surface area contributed by atoms with Gasteiger partial charge in [-0.1, -0.05) is 0 Å². The Hall–Kier alpha value is -0.650. The van der Waals surface area contributed by atoms with Crippen molar-refractivity contribution in [1.82, 2.24) is 9.80 Å². The number of primary amides is 1. The average Bonchev–Trinajstić information content (AvgIpc) is 2.21. The van der Waals surface area contributed by atoms with Crippen LogP contribution in [0.5, 0.6) is 0 Å². The minimum atomic E-state index is -0.257. The monoisotopic (exact) mass is 257 g/mol. The Balaban J connectivity index is 2.39. The van der Waals surface area contributed by atoms with Crippen LogP contribution in [0.1, 0.15) is 27.7 Å². The zero-order valence-electron chi connectivity index (χ0n) is 12.1. The minimum Gasteiger partial charge on any atom is -0.373 e. The summed E-state index contributed by atoms with van der Waals surface area (Å²) < 4.78 is 5.71. The number of hydrogen-bond acceptors (Lipinski definition) is 4. The lowest BCUT2D eigenvalue weighted by molar-refractivity contribution is -0.119. The molecule has 1 saturated heterocycles. The zero-order chi connectivity index (χ0) is 13.7. The maximum absolute atomic E-state index is 11.0. The quantitative estimate of drug-likeness (QED) is 0.743. The normalized spacial score (nSPS) is 25.9. The Morgan fingerprint density at radius 3 is 2.39 bits per heavy atom. The fourth-order valence-corrected chi connectivity index (χ4v) is 2.46. The van der Waals surface area contributed by atoms with Gasteiger partial charge < -0.3 is 10.5 Å². The van der Waals surface area contributed by atoms with Crippen molar-refractivity contribution >= 4 is 5.91 Å². The number of carbonyl (C=O) groups is 1. The van der Waals surface area contributed by atoms with Crippen LogP contribution in [0.15, 0.2) is 0 Å². The van der Waals surface area contributed by atoms with E-state index in [0.29, 0.717) is 12.6 Å². The van der Waals surface area contributed by atoms with Crippen LogP contribution in [-0.2, 0) is 9.53 Å². The van der Waals surface area contributed by atoms with Gasteiger partial charge in [-0.2, -0.15) is 0 Å². The minimum absolute atomic E-state index is 0.257. The molecule has 1 fully saturated rings. The third-order valence-electron chi connectivity index (χ3n) is 3.29. The molecule has 0 radical (unpaired) electrons. The van der Waals surface area contributed by atoms with Gasteiger partial charge in [0.05, 0.1) is 18.8 Å². The lowest BCUT2D eigenvalue weighted by Crippen LogP contribution is -2.49. The summed E-state index contributed by atoms with van der Waals surface area (Å²) in [6.45, 7) is 12.5. The van der Waals surface area contributed by atoms with Gasteiger partial charge in [0.25, 0.3) is 0 Å². The van der Waals surface area contributed by atoms with Gasteiger partial charge in [0.2, 0.25) is 5.91 Å². The van der Waals surface area contributed by atoms with Gasteiger partial charge in [-0.15, -0.1) is 0 Å². The highest BCUT2D eigenvalue weighted by molar-refractivity contribution is 5.75. The topological polar surface area (TPSA) is 58.8 Å². The average molecular weight is 257 g/mol. The number of carbonyl (C=O) groups excluding carboxylic acids is 1. The lowest BCUT2D eigenvalue weighted by Gasteiger charge is -2.37. The third kappa shape index (κ3) is 5.33. The molecule has 0 aromatic heterocycles. The number of rotatable bonds is 6. The molecule has 0 aromatic carbocycles. The third-order valence-corrected chi connectivity index (χ3v) is 3.29. The van der Waals surface area contributed by atoms with E-state index in [0.717, 1.165) is 26.2 Å². The molecule has 106 valence electrons. The molecule has 1 rings (SSSR count). The predicted molar refractivity (Wildman–Crippen MR) is 72.4 cm³/mol. The van der Waals surface area contributed by atoms with E-state index in [1.54, 1.807) is 0 Å². The van der Waals surface area contributed by atoms with Crippen molar-refractivity contribution in [1.29, 1.82) is 0 Å². The zero-order valence-corrected chi connectivity index (χ0v) is 12.1. The number of hydrogen-bond donors (Lipinski definition) is 1. The van der Waals surface area contributed by atoms with Crippen LogP contribution < -0.4 is 5.73 Å². The molecule has 1 aliphatic rings. The van der Waals surface area contributed by atoms with Crippen LogP contribution in [-0.4, -0.2) is 66.7 Å². The summed E-state index contributed by atoms with van der Waals surface area (Å²) in [5.74, 6) is -0.257. The standard InChI is InChI=1S/C13H27N3O2/c1-10(2)16(9-13(14)17)6-5-15-7-11(3)18-12(4)8-15/h10-12H,5-9H2,1-4H3,(H2,14,17)/t11-,12-/m1/s1. The molecular weight excluding hydrogens is 230 g/mol. The first-order valence-electron chi connectivity index (χ1n) is 6.78. The summed E-state index contributed by atoms with van der Waals surface area (Å²) in [5, 5.41) is 0. The highest BCUT2D eigenvalue weighted by Crippen LogP contribution is 2.10. The predicted octanol–water partition coefficient (Wildman–Crippen LogP) is 0.291. The molecule has 1 aliphatic heterocycles. The largest absolute Gasteiger partial charge is 0.373 e. The number of amides is 1. The summed E-state index contributed by atoms with van der Waals surface area (Å²) >= 11 is 0. The second-order valence-corrected chi connectivity index (χ2v) is 5.55. The van der Waals surface area contributed by atoms with Crippen LogP contribution in [0.25, 0.3) is 0 Å². The van der Waals surface area contributed by atoms with E-state index in [1.807, 2.05) is 0 Å². The van der Waals surface area contributed by atoms with Gasteiger partial charge in [0.1, 0.15) is 0 Å². The van der Waals surface area contributed by atoms with Gasteiger partial charge in [-0.05, 0) is 27.7 Å². The van der Waals surface area contributed by atoms with Crippen molar-refractivity contribution in [3.05, 3.63) is 0 Å². The van der Waals surface area contributed by atoms with E-state index in [9.17, 15) is 4.79 Å². The molecular formula is C13H27N3O2. The highest BCUT2D eigenvalue weighted by Gasteiger charge is 2.22. The maximum Gasteiger partial charge on any atom is 0.231 e. The number of nitrogens with two attached hydrogens (primary N) is 1. The Morgan fingerprint density at radius 1 is 1.39 bits per heavy atom. The first-order valence-corrected chi connectivity index (χ1v) is 6.78. The first kappa shape index (κ1) is 15.4. The molecule has 1 heterocycles. The van der Waals surface area contributed by atoms with E-state index in [-0.39, 0.29) is 18.1 Å². The Labute approximate surface area is 110 Å². The van der Waals surface area contributed by atoms with Crippen LogP contribution in [0, 0.1) is 0 Å². The molecule has 2 N–H and O–H groups in total. The maximum atomic E-state index is 11.0. The summed E-state index contributed by atoms with van der Waals surface area (Å²) in [7, 11) is 0. The van der Waals surface area contributed by atoms with Crippen molar-refractivity contribution in [3.63, 3.8) is 0 Å². The molecule has 5 heteroatoms. The number of morpholine rings is 1. The van der Waals surface area contributed by atoms with E-state index in [4.69, 9.17) is 10.5 Å². The number of nitrogens with zero attached hydrogens (tertiary/aromatic N) is 2. The SMILES string of the molecule is CC(C)N(CCN1C[C@@H](C)O[C@H](C)C1)CC(N)=O. The van der Waals surface area contributed by atoms with Crippen LogP contribution in [0.3, 0.4) is 0 Å². The summed E-state index contributed by atoms with van der Waals surface area (Å²) in [6.07, 6.45) is 0.579. The first-order chi connectivity index (χ1) is 8.38. The highest BCUT2D eigenvalue weighted by atomic mass is 16.5. The van der Waals surface area contributed by atoms with Crippen molar-refractivity contribution in [2.45, 2.75) is 45.9 Å². The Bertz CT molecular complexity index is 261. The molecule has 1 amide bonds. The summed E-state index contributed by atoms with van der Waals surface area (Å²) in [5.41, 5.74) is 5.27. The van der Waals surface area contributed by atoms with Crippen molar-refractivity contribution in [2.24, 2.45) is 5.73 Å². The van der Waals surface area contributed by atoms with E-state index in [2.05, 4.69) is 37.5 Å². The Kier molecular flexibility index (Phi) is 6.05. The van der Waals surface area contributed by atoms with Gasteiger partial charge >= 0.3 is 0 Å². The fourth-order valence-electron chi connectivity index (χ4n) is 2.46. The van der Waals surface area contributed by atoms with E-state index < -0.39 is 0 Å². The van der Waals surface area contributed by atoms with E-state index in [1.165, 1.54) is 0 Å². The molecule has 2 atom stereocenters. The molecule has 0 spiro atoms. The molecule has 18 heavy (non-hydrogen) atoms. The van der Waals surface area contributed by atoms with Crippen LogP contribution in [0.2, 0.25) is 0 Å². The van der Waals surface area contributed by atoms with Gasteiger partial charge in [0, 0.05) is 32.2 Å². The van der Waals surface area contributed by atoms with Crippen LogP contribution in [0.4, 0.5) is 0 Å². The summed E-state index contributed by atoms with van der Waals surface area (Å²) in [6, 6.07) is 0.341. The van der Waals surface area contributed by atoms with Crippen molar-refractivity contribution < 1.29 is 9.53 Å². The fraction of sp³-hybridized carbons (Fsp3) is 0.923. The molecule has 5 nitrogen and oxygen atoms in total. The smallest absolute Gasteiger partial charge is 0.231 e. The molecule has 0 bridgehead atoms. The van der Waals surface area contributed by atoms with Gasteiger partial charge in [-0.25, -0.2) is 0 Å². The number of ether oxygens (including phenoxy) is 1. The molecule has 0 saturated carbocycles. The van der Waals surface area contributed by atoms with Crippen molar-refractivity contribution in [3.8, 4) is 0 Å². The second kappa shape index (κ2) is 7.07. The van der Waals surface area contributed by atoms with Crippen molar-refractivity contribution in [2.75, 3.05) is 32.7 Å². The molecule has 0 aliphatic carbocycles. The van der Waals surface area contributed by atoms with Gasteiger partial charge in [0.15, 0.2) is 0 Å².